The van der Waals surface area contributed by atoms with Crippen LogP contribution in [0.5, 0.6) is 11.5 Å². The van der Waals surface area contributed by atoms with E-state index in [-0.39, 0.29) is 19.1 Å². The van der Waals surface area contributed by atoms with Gasteiger partial charge in [0, 0.05) is 11.3 Å². The molecule has 0 fully saturated rings. The molecule has 0 aliphatic heterocycles. The fourth-order valence-corrected chi connectivity index (χ4v) is 2.38. The zero-order valence-corrected chi connectivity index (χ0v) is 14.7. The Labute approximate surface area is 158 Å². The standard InChI is InChI=1S/C22H21NO4/c24-19(15-26-20-9-5-2-6-10-20)16-27-21-13-11-18(12-14-21)23-22(25)17-7-3-1-4-8-17/h1-14,19,24H,15-16H2,(H,23,25)/t19-/m0/s1. The van der Waals surface area contributed by atoms with Crippen LogP contribution in [-0.4, -0.2) is 30.3 Å². The van der Waals surface area contributed by atoms with Crippen LogP contribution in [0, 0.1) is 0 Å². The van der Waals surface area contributed by atoms with Crippen molar-refractivity contribution in [3.63, 3.8) is 0 Å². The molecule has 0 saturated carbocycles. The van der Waals surface area contributed by atoms with Crippen molar-refractivity contribution in [2.45, 2.75) is 6.10 Å². The number of rotatable bonds is 8. The molecule has 0 aromatic heterocycles. The van der Waals surface area contributed by atoms with Crippen LogP contribution < -0.4 is 14.8 Å². The topological polar surface area (TPSA) is 67.8 Å². The van der Waals surface area contributed by atoms with Crippen LogP contribution in [0.15, 0.2) is 84.9 Å². The molecule has 0 unspecified atom stereocenters. The number of carbonyl (C=O) groups excluding carboxylic acids is 1. The summed E-state index contributed by atoms with van der Waals surface area (Å²) in [5.41, 5.74) is 1.27. The number of nitrogens with one attached hydrogen (secondary N) is 1. The third kappa shape index (κ3) is 5.87. The lowest BCUT2D eigenvalue weighted by Gasteiger charge is -2.14. The second kappa shape index (κ2) is 9.40. The van der Waals surface area contributed by atoms with Crippen LogP contribution in [0.3, 0.4) is 0 Å². The molecule has 3 rings (SSSR count). The second-order valence-electron chi connectivity index (χ2n) is 5.93. The predicted molar refractivity (Wildman–Crippen MR) is 104 cm³/mol. The summed E-state index contributed by atoms with van der Waals surface area (Å²) in [5.74, 6) is 1.14. The van der Waals surface area contributed by atoms with E-state index in [4.69, 9.17) is 9.47 Å². The molecule has 1 amide bonds. The van der Waals surface area contributed by atoms with Gasteiger partial charge in [0.05, 0.1) is 0 Å². The minimum Gasteiger partial charge on any atom is -0.491 e. The van der Waals surface area contributed by atoms with E-state index >= 15 is 0 Å². The van der Waals surface area contributed by atoms with Gasteiger partial charge in [-0.3, -0.25) is 4.79 Å². The molecule has 5 heteroatoms. The summed E-state index contributed by atoms with van der Waals surface area (Å²) >= 11 is 0. The van der Waals surface area contributed by atoms with E-state index < -0.39 is 6.10 Å². The third-order valence-electron chi connectivity index (χ3n) is 3.78. The van der Waals surface area contributed by atoms with E-state index in [1.807, 2.05) is 48.5 Å². The Kier molecular flexibility index (Phi) is 6.44. The van der Waals surface area contributed by atoms with Crippen LogP contribution in [0.25, 0.3) is 0 Å². The maximum Gasteiger partial charge on any atom is 0.255 e. The van der Waals surface area contributed by atoms with Crippen molar-refractivity contribution in [1.82, 2.24) is 0 Å². The van der Waals surface area contributed by atoms with Crippen LogP contribution >= 0.6 is 0 Å². The maximum atomic E-state index is 12.1. The van der Waals surface area contributed by atoms with Gasteiger partial charge in [-0.05, 0) is 48.5 Å². The van der Waals surface area contributed by atoms with E-state index in [0.717, 1.165) is 0 Å². The lowest BCUT2D eigenvalue weighted by atomic mass is 10.2. The molecule has 0 radical (unpaired) electrons. The smallest absolute Gasteiger partial charge is 0.255 e. The first-order chi connectivity index (χ1) is 13.2. The molecule has 1 atom stereocenters. The van der Waals surface area contributed by atoms with Crippen LogP contribution in [0.4, 0.5) is 5.69 Å². The SMILES string of the molecule is O=C(Nc1ccc(OC[C@@H](O)COc2ccccc2)cc1)c1ccccc1. The monoisotopic (exact) mass is 363 g/mol. The molecule has 0 aliphatic carbocycles. The van der Waals surface area contributed by atoms with Crippen molar-refractivity contribution in [1.29, 1.82) is 0 Å². The minimum atomic E-state index is -0.748. The van der Waals surface area contributed by atoms with Crippen molar-refractivity contribution in [2.24, 2.45) is 0 Å². The zero-order chi connectivity index (χ0) is 18.9. The Balaban J connectivity index is 1.44. The molecule has 0 aliphatic rings. The molecule has 27 heavy (non-hydrogen) atoms. The van der Waals surface area contributed by atoms with Crippen LogP contribution in [0.2, 0.25) is 0 Å². The lowest BCUT2D eigenvalue weighted by Crippen LogP contribution is -2.25. The van der Waals surface area contributed by atoms with Gasteiger partial charge in [-0.15, -0.1) is 0 Å². The Hall–Kier alpha value is -3.31. The predicted octanol–water partition coefficient (Wildman–Crippen LogP) is 3.76. The zero-order valence-electron chi connectivity index (χ0n) is 14.7. The Bertz CT molecular complexity index is 835. The van der Waals surface area contributed by atoms with Crippen molar-refractivity contribution in [3.05, 3.63) is 90.5 Å². The summed E-state index contributed by atoms with van der Waals surface area (Å²) in [7, 11) is 0. The van der Waals surface area contributed by atoms with E-state index in [0.29, 0.717) is 22.7 Å². The highest BCUT2D eigenvalue weighted by atomic mass is 16.5. The number of ether oxygens (including phenoxy) is 2. The van der Waals surface area contributed by atoms with E-state index in [2.05, 4.69) is 5.32 Å². The van der Waals surface area contributed by atoms with Crippen molar-refractivity contribution in [3.8, 4) is 11.5 Å². The Morgan fingerprint density at radius 3 is 1.89 bits per heavy atom. The number of hydrogen-bond donors (Lipinski definition) is 2. The summed E-state index contributed by atoms with van der Waals surface area (Å²) in [4.78, 5) is 12.1. The molecule has 0 bridgehead atoms. The summed E-state index contributed by atoms with van der Waals surface area (Å²) < 4.78 is 11.0. The van der Waals surface area contributed by atoms with Crippen LogP contribution in [0.1, 0.15) is 10.4 Å². The fraction of sp³-hybridized carbons (Fsp3) is 0.136. The number of carbonyl (C=O) groups is 1. The van der Waals surface area contributed by atoms with E-state index in [1.165, 1.54) is 0 Å². The van der Waals surface area contributed by atoms with Crippen molar-refractivity contribution in [2.75, 3.05) is 18.5 Å². The lowest BCUT2D eigenvalue weighted by molar-refractivity contribution is 0.0626. The van der Waals surface area contributed by atoms with Gasteiger partial charge in [-0.2, -0.15) is 0 Å². The Morgan fingerprint density at radius 2 is 1.30 bits per heavy atom. The van der Waals surface area contributed by atoms with Crippen molar-refractivity contribution >= 4 is 11.6 Å². The highest BCUT2D eigenvalue weighted by molar-refractivity contribution is 6.04. The average Bonchev–Trinajstić information content (AvgIpc) is 2.73. The molecular weight excluding hydrogens is 342 g/mol. The number of aliphatic hydroxyl groups excluding tert-OH is 1. The molecular formula is C22H21NO4. The van der Waals surface area contributed by atoms with Gasteiger partial charge in [-0.25, -0.2) is 0 Å². The van der Waals surface area contributed by atoms with E-state index in [1.54, 1.807) is 36.4 Å². The maximum absolute atomic E-state index is 12.1. The number of anilines is 1. The molecule has 2 N–H and O–H groups in total. The quantitative estimate of drug-likeness (QED) is 0.639. The van der Waals surface area contributed by atoms with Crippen LogP contribution in [-0.2, 0) is 0 Å². The largest absolute Gasteiger partial charge is 0.491 e. The van der Waals surface area contributed by atoms with Gasteiger partial charge in [0.1, 0.15) is 30.8 Å². The molecule has 3 aromatic rings. The summed E-state index contributed by atoms with van der Waals surface area (Å²) in [5, 5.41) is 12.8. The van der Waals surface area contributed by atoms with Gasteiger partial charge in [-0.1, -0.05) is 36.4 Å². The first-order valence-corrected chi connectivity index (χ1v) is 8.66. The average molecular weight is 363 g/mol. The molecule has 0 saturated heterocycles. The molecule has 3 aromatic carbocycles. The number of benzene rings is 3. The Morgan fingerprint density at radius 1 is 0.778 bits per heavy atom. The number of para-hydroxylation sites is 1. The van der Waals surface area contributed by atoms with Gasteiger partial charge >= 0.3 is 0 Å². The normalized spacial score (nSPS) is 11.4. The third-order valence-corrected chi connectivity index (χ3v) is 3.78. The minimum absolute atomic E-state index is 0.114. The molecule has 138 valence electrons. The molecule has 0 heterocycles. The number of hydrogen-bond acceptors (Lipinski definition) is 4. The summed E-state index contributed by atoms with van der Waals surface area (Å²) in [6, 6.07) is 25.3. The number of amides is 1. The summed E-state index contributed by atoms with van der Waals surface area (Å²) in [6.45, 7) is 0.262. The molecule has 5 nitrogen and oxygen atoms in total. The second-order valence-corrected chi connectivity index (χ2v) is 5.93. The summed E-state index contributed by atoms with van der Waals surface area (Å²) in [6.07, 6.45) is -0.748. The van der Waals surface area contributed by atoms with E-state index in [9.17, 15) is 9.90 Å². The fourth-order valence-electron chi connectivity index (χ4n) is 2.38. The van der Waals surface area contributed by atoms with Gasteiger partial charge in [0.25, 0.3) is 5.91 Å². The molecule has 0 spiro atoms. The highest BCUT2D eigenvalue weighted by Gasteiger charge is 2.08. The van der Waals surface area contributed by atoms with Gasteiger partial charge in [0.15, 0.2) is 0 Å². The highest BCUT2D eigenvalue weighted by Crippen LogP contribution is 2.17. The first kappa shape index (κ1) is 18.5. The number of aliphatic hydroxyl groups is 1. The van der Waals surface area contributed by atoms with Gasteiger partial charge in [0.2, 0.25) is 0 Å². The first-order valence-electron chi connectivity index (χ1n) is 8.66. The van der Waals surface area contributed by atoms with Crippen molar-refractivity contribution < 1.29 is 19.4 Å². The van der Waals surface area contributed by atoms with Gasteiger partial charge < -0.3 is 19.9 Å².